The van der Waals surface area contributed by atoms with Crippen molar-refractivity contribution < 1.29 is 9.59 Å². The van der Waals surface area contributed by atoms with Crippen LogP contribution in [0.1, 0.15) is 15.9 Å². The van der Waals surface area contributed by atoms with Gasteiger partial charge in [0.15, 0.2) is 0 Å². The Kier molecular flexibility index (Phi) is 6.61. The minimum atomic E-state index is -0.508. The van der Waals surface area contributed by atoms with Gasteiger partial charge in [-0.1, -0.05) is 30.3 Å². The molecule has 0 aliphatic carbocycles. The van der Waals surface area contributed by atoms with Crippen molar-refractivity contribution in [3.8, 4) is 6.07 Å². The van der Waals surface area contributed by atoms with E-state index in [0.717, 1.165) is 19.6 Å². The molecule has 148 valence electrons. The highest BCUT2D eigenvalue weighted by Gasteiger charge is 2.23. The third-order valence-electron chi connectivity index (χ3n) is 4.81. The van der Waals surface area contributed by atoms with Gasteiger partial charge in [0.05, 0.1) is 0 Å². The summed E-state index contributed by atoms with van der Waals surface area (Å²) in [5.41, 5.74) is 7.55. The van der Waals surface area contributed by atoms with Crippen molar-refractivity contribution >= 4 is 17.5 Å². The largest absolute Gasteiger partial charge is 0.366 e. The number of rotatable bonds is 6. The molecule has 3 N–H and O–H groups in total. The highest BCUT2D eigenvalue weighted by Crippen LogP contribution is 2.13. The lowest BCUT2D eigenvalue weighted by atomic mass is 10.2. The van der Waals surface area contributed by atoms with E-state index in [2.05, 4.69) is 22.3 Å². The molecule has 1 aliphatic heterocycles. The average Bonchev–Trinajstić information content (AvgIpc) is 2.75. The van der Waals surface area contributed by atoms with Gasteiger partial charge in [0.1, 0.15) is 11.6 Å². The predicted molar refractivity (Wildman–Crippen MR) is 111 cm³/mol. The normalized spacial score (nSPS) is 14.9. The molecule has 0 bridgehead atoms. The maximum absolute atomic E-state index is 12.7. The summed E-state index contributed by atoms with van der Waals surface area (Å²) in [4.78, 5) is 27.8. The first-order valence-electron chi connectivity index (χ1n) is 9.39. The maximum Gasteiger partial charge on any atom is 0.266 e. The Morgan fingerprint density at radius 1 is 1.03 bits per heavy atom. The van der Waals surface area contributed by atoms with Crippen molar-refractivity contribution in [3.05, 3.63) is 77.5 Å². The number of nitrogens with zero attached hydrogens (tertiary/aromatic N) is 3. The highest BCUT2D eigenvalue weighted by atomic mass is 16.2. The van der Waals surface area contributed by atoms with Gasteiger partial charge < -0.3 is 16.0 Å². The second-order valence-corrected chi connectivity index (χ2v) is 6.81. The molecular weight excluding hydrogens is 366 g/mol. The Hall–Kier alpha value is -3.63. The Labute approximate surface area is 170 Å². The van der Waals surface area contributed by atoms with Crippen LogP contribution in [0.3, 0.4) is 0 Å². The summed E-state index contributed by atoms with van der Waals surface area (Å²) in [6, 6.07) is 18.7. The fraction of sp³-hybridized carbons (Fsp3) is 0.227. The molecule has 0 radical (unpaired) electrons. The summed E-state index contributed by atoms with van der Waals surface area (Å²) < 4.78 is 0. The van der Waals surface area contributed by atoms with Gasteiger partial charge in [0.2, 0.25) is 5.91 Å². The number of benzene rings is 2. The van der Waals surface area contributed by atoms with Gasteiger partial charge in [-0.25, -0.2) is 0 Å². The molecule has 1 saturated heterocycles. The second kappa shape index (κ2) is 9.53. The van der Waals surface area contributed by atoms with Crippen molar-refractivity contribution in [1.82, 2.24) is 9.80 Å². The zero-order chi connectivity index (χ0) is 20.6. The number of primary amides is 1. The number of nitrogens with two attached hydrogens (primary N) is 1. The number of nitrogens with one attached hydrogen (secondary N) is 1. The molecule has 7 nitrogen and oxygen atoms in total. The number of anilines is 1. The van der Waals surface area contributed by atoms with Gasteiger partial charge in [0, 0.05) is 50.2 Å². The van der Waals surface area contributed by atoms with E-state index in [1.165, 1.54) is 11.8 Å². The Bertz CT molecular complexity index is 924. The number of hydrogen-bond acceptors (Lipinski definition) is 5. The first-order chi connectivity index (χ1) is 14.1. The molecule has 1 heterocycles. The Morgan fingerprint density at radius 2 is 1.69 bits per heavy atom. The van der Waals surface area contributed by atoms with Gasteiger partial charge in [0.25, 0.3) is 5.91 Å². The summed E-state index contributed by atoms with van der Waals surface area (Å²) >= 11 is 0. The van der Waals surface area contributed by atoms with Crippen LogP contribution >= 0.6 is 0 Å². The van der Waals surface area contributed by atoms with Crippen LogP contribution in [0.25, 0.3) is 0 Å². The topological polar surface area (TPSA) is 102 Å². The summed E-state index contributed by atoms with van der Waals surface area (Å²) in [6.45, 7) is 3.55. The summed E-state index contributed by atoms with van der Waals surface area (Å²) in [6.07, 6.45) is 1.40. The predicted octanol–water partition coefficient (Wildman–Crippen LogP) is 1.95. The lowest BCUT2D eigenvalue weighted by Gasteiger charge is -2.34. The minimum absolute atomic E-state index is 0.0421. The number of carbonyl (C=O) groups is 2. The molecular formula is C22H23N5O2. The molecule has 2 amide bonds. The second-order valence-electron chi connectivity index (χ2n) is 6.81. The van der Waals surface area contributed by atoms with E-state index in [1.54, 1.807) is 29.2 Å². The number of piperazine rings is 1. The SMILES string of the molecule is N#C/C(=C/Nc1ccc(C(N)=O)cc1)C(=O)N1CCN(Cc2ccccc2)CC1. The number of carbonyl (C=O) groups excluding carboxylic acids is 2. The van der Waals surface area contributed by atoms with Crippen LogP contribution in [-0.4, -0.2) is 47.8 Å². The fourth-order valence-corrected chi connectivity index (χ4v) is 3.15. The third-order valence-corrected chi connectivity index (χ3v) is 4.81. The minimum Gasteiger partial charge on any atom is -0.366 e. The molecule has 0 aromatic heterocycles. The standard InChI is InChI=1S/C22H23N5O2/c23-14-19(15-25-20-8-6-18(7-9-20)21(24)28)22(29)27-12-10-26(11-13-27)16-17-4-2-1-3-5-17/h1-9,15,25H,10-13,16H2,(H2,24,28)/b19-15-. The average molecular weight is 389 g/mol. The first kappa shape index (κ1) is 20.1. The maximum atomic E-state index is 12.7. The number of nitriles is 1. The highest BCUT2D eigenvalue weighted by molar-refractivity contribution is 5.97. The van der Waals surface area contributed by atoms with Gasteiger partial charge in [-0.3, -0.25) is 14.5 Å². The van der Waals surface area contributed by atoms with Crippen LogP contribution in [0.4, 0.5) is 5.69 Å². The van der Waals surface area contributed by atoms with Crippen LogP contribution < -0.4 is 11.1 Å². The van der Waals surface area contributed by atoms with Crippen LogP contribution in [0.15, 0.2) is 66.4 Å². The van der Waals surface area contributed by atoms with Crippen molar-refractivity contribution in [3.63, 3.8) is 0 Å². The van der Waals surface area contributed by atoms with E-state index in [1.807, 2.05) is 24.3 Å². The van der Waals surface area contributed by atoms with Crippen molar-refractivity contribution in [2.24, 2.45) is 5.73 Å². The Balaban J connectivity index is 1.55. The molecule has 0 unspecified atom stereocenters. The van der Waals surface area contributed by atoms with Crippen LogP contribution in [0.5, 0.6) is 0 Å². The molecule has 1 aliphatic rings. The zero-order valence-corrected chi connectivity index (χ0v) is 16.0. The summed E-state index contributed by atoms with van der Waals surface area (Å²) in [7, 11) is 0. The molecule has 7 heteroatoms. The number of hydrogen-bond donors (Lipinski definition) is 2. The van der Waals surface area contributed by atoms with Crippen molar-refractivity contribution in [1.29, 1.82) is 5.26 Å². The van der Waals surface area contributed by atoms with Crippen LogP contribution in [-0.2, 0) is 11.3 Å². The fourth-order valence-electron chi connectivity index (χ4n) is 3.15. The van der Waals surface area contributed by atoms with E-state index >= 15 is 0 Å². The summed E-state index contributed by atoms with van der Waals surface area (Å²) in [5.74, 6) is -0.792. The van der Waals surface area contributed by atoms with E-state index in [0.29, 0.717) is 24.3 Å². The molecule has 2 aromatic rings. The van der Waals surface area contributed by atoms with Gasteiger partial charge in [-0.2, -0.15) is 5.26 Å². The molecule has 0 atom stereocenters. The Morgan fingerprint density at radius 3 is 2.28 bits per heavy atom. The lowest BCUT2D eigenvalue weighted by molar-refractivity contribution is -0.128. The van der Waals surface area contributed by atoms with Crippen molar-refractivity contribution in [2.75, 3.05) is 31.5 Å². The molecule has 1 fully saturated rings. The molecule has 0 spiro atoms. The molecule has 3 rings (SSSR count). The molecule has 2 aromatic carbocycles. The van der Waals surface area contributed by atoms with Crippen LogP contribution in [0, 0.1) is 11.3 Å². The van der Waals surface area contributed by atoms with E-state index in [-0.39, 0.29) is 11.5 Å². The quantitative estimate of drug-likeness (QED) is 0.581. The van der Waals surface area contributed by atoms with E-state index < -0.39 is 5.91 Å². The number of amides is 2. The smallest absolute Gasteiger partial charge is 0.266 e. The van der Waals surface area contributed by atoms with Gasteiger partial charge >= 0.3 is 0 Å². The van der Waals surface area contributed by atoms with Gasteiger partial charge in [-0.15, -0.1) is 0 Å². The monoisotopic (exact) mass is 389 g/mol. The van der Waals surface area contributed by atoms with Crippen molar-refractivity contribution in [2.45, 2.75) is 6.54 Å². The lowest BCUT2D eigenvalue weighted by Crippen LogP contribution is -2.48. The summed E-state index contributed by atoms with van der Waals surface area (Å²) in [5, 5.41) is 12.3. The zero-order valence-electron chi connectivity index (χ0n) is 16.0. The molecule has 29 heavy (non-hydrogen) atoms. The van der Waals surface area contributed by atoms with Crippen LogP contribution in [0.2, 0.25) is 0 Å². The van der Waals surface area contributed by atoms with E-state index in [4.69, 9.17) is 5.73 Å². The molecule has 0 saturated carbocycles. The van der Waals surface area contributed by atoms with E-state index in [9.17, 15) is 14.9 Å². The van der Waals surface area contributed by atoms with Gasteiger partial charge in [-0.05, 0) is 29.8 Å². The first-order valence-corrected chi connectivity index (χ1v) is 9.39. The third kappa shape index (κ3) is 5.43.